The summed E-state index contributed by atoms with van der Waals surface area (Å²) in [6.07, 6.45) is 8.47. The first-order chi connectivity index (χ1) is 28.9. The van der Waals surface area contributed by atoms with Gasteiger partial charge in [0.25, 0.3) is 17.7 Å². The number of aromatic nitrogens is 9. The molecule has 8 aromatic heterocycles. The molecule has 1 aliphatic carbocycles. The average Bonchev–Trinajstić information content (AvgIpc) is 3.79. The predicted octanol–water partition coefficient (Wildman–Crippen LogP) is 5.63. The largest absolute Gasteiger partial charge is 0.397 e. The van der Waals surface area contributed by atoms with Gasteiger partial charge in [0.15, 0.2) is 0 Å². The van der Waals surface area contributed by atoms with E-state index in [0.29, 0.717) is 65.3 Å². The van der Waals surface area contributed by atoms with Crippen LogP contribution in [0.15, 0.2) is 55.2 Å². The maximum absolute atomic E-state index is 12.3. The molecule has 1 aliphatic rings. The number of pyridine rings is 1. The molecule has 1 saturated carbocycles. The summed E-state index contributed by atoms with van der Waals surface area (Å²) in [5, 5.41) is 35.1. The van der Waals surface area contributed by atoms with Crippen LogP contribution in [0.5, 0.6) is 0 Å². The highest BCUT2D eigenvalue weighted by Crippen LogP contribution is 2.36. The molecular weight excluding hydrogens is 835 g/mol. The number of hydrogen-bond donors (Lipinski definition) is 6. The number of amides is 3. The van der Waals surface area contributed by atoms with Crippen LogP contribution >= 0.6 is 34.0 Å². The van der Waals surface area contributed by atoms with E-state index in [1.165, 1.54) is 40.3 Å². The molecular formula is C40H43N15O3S3. The van der Waals surface area contributed by atoms with Crippen LogP contribution in [0.2, 0.25) is 0 Å². The first-order valence-corrected chi connectivity index (χ1v) is 20.9. The predicted molar refractivity (Wildman–Crippen MR) is 240 cm³/mol. The zero-order valence-corrected chi connectivity index (χ0v) is 35.3. The van der Waals surface area contributed by atoms with Gasteiger partial charge < -0.3 is 33.2 Å². The van der Waals surface area contributed by atoms with Crippen LogP contribution < -0.4 is 33.2 Å². The Morgan fingerprint density at radius 1 is 0.639 bits per heavy atom. The van der Waals surface area contributed by atoms with Crippen LogP contribution in [0.25, 0.3) is 30.6 Å². The normalized spacial score (nSPS) is 11.8. The lowest BCUT2D eigenvalue weighted by molar-refractivity contribution is 0.0947. The number of nitrogen functional groups attached to an aromatic ring is 3. The number of anilines is 3. The Morgan fingerprint density at radius 3 is 1.70 bits per heavy atom. The zero-order valence-electron chi connectivity index (χ0n) is 32.8. The van der Waals surface area contributed by atoms with Gasteiger partial charge >= 0.3 is 0 Å². The molecule has 8 heterocycles. The monoisotopic (exact) mass is 877 g/mol. The molecule has 9 N–H and O–H groups in total. The third kappa shape index (κ3) is 9.80. The summed E-state index contributed by atoms with van der Waals surface area (Å²) in [5.41, 5.74) is 24.7. The summed E-state index contributed by atoms with van der Waals surface area (Å²) >= 11 is 3.80. The van der Waals surface area contributed by atoms with Crippen molar-refractivity contribution in [2.45, 2.75) is 67.1 Å². The van der Waals surface area contributed by atoms with E-state index in [-0.39, 0.29) is 25.1 Å². The fourth-order valence-electron chi connectivity index (χ4n) is 5.77. The van der Waals surface area contributed by atoms with Gasteiger partial charge in [0.2, 0.25) is 0 Å². The minimum Gasteiger partial charge on any atom is -0.397 e. The molecule has 18 nitrogen and oxygen atoms in total. The number of carbonyl (C=O) groups is 3. The van der Waals surface area contributed by atoms with E-state index in [1.807, 2.05) is 45.9 Å². The fourth-order valence-corrected chi connectivity index (χ4v) is 8.74. The van der Waals surface area contributed by atoms with E-state index in [9.17, 15) is 14.4 Å². The summed E-state index contributed by atoms with van der Waals surface area (Å²) in [5.74, 6) is -0.553. The number of thiophene rings is 3. The van der Waals surface area contributed by atoms with Crippen molar-refractivity contribution in [3.63, 3.8) is 0 Å². The van der Waals surface area contributed by atoms with Crippen molar-refractivity contribution in [2.24, 2.45) is 0 Å². The number of nitrogens with zero attached hydrogens (tertiary/aromatic N) is 9. The Morgan fingerprint density at radius 2 is 1.20 bits per heavy atom. The lowest BCUT2D eigenvalue weighted by Crippen LogP contribution is -2.25. The number of nitrogens with two attached hydrogens (primary N) is 3. The van der Waals surface area contributed by atoms with Crippen LogP contribution in [0.4, 0.5) is 17.1 Å². The minimum atomic E-state index is -0.240. The van der Waals surface area contributed by atoms with Gasteiger partial charge in [-0.05, 0) is 75.9 Å². The Kier molecular flexibility index (Phi) is 13.6. The molecule has 0 atom stereocenters. The Labute approximate surface area is 361 Å². The fraction of sp³-hybridized carbons (Fsp3) is 0.250. The number of fused-ring (bicyclic) bond motifs is 3. The zero-order chi connectivity index (χ0) is 42.5. The van der Waals surface area contributed by atoms with Crippen molar-refractivity contribution in [2.75, 3.05) is 17.2 Å². The van der Waals surface area contributed by atoms with Gasteiger partial charge in [-0.3, -0.25) is 19.4 Å². The van der Waals surface area contributed by atoms with Crippen LogP contribution in [0.3, 0.4) is 0 Å². The minimum absolute atomic E-state index is 0. The quantitative estimate of drug-likeness (QED) is 0.108. The number of hydrogen-bond acceptors (Lipinski definition) is 18. The number of rotatable bonds is 8. The molecule has 314 valence electrons. The molecule has 0 aliphatic heterocycles. The van der Waals surface area contributed by atoms with Crippen LogP contribution in [-0.2, 0) is 13.1 Å². The maximum Gasteiger partial charge on any atom is 0.263 e. The van der Waals surface area contributed by atoms with E-state index in [0.717, 1.165) is 62.9 Å². The van der Waals surface area contributed by atoms with Crippen molar-refractivity contribution in [1.82, 2.24) is 61.5 Å². The van der Waals surface area contributed by atoms with Gasteiger partial charge in [0.1, 0.15) is 35.4 Å². The molecule has 0 saturated heterocycles. The topological polar surface area (TPSA) is 281 Å². The molecule has 0 spiro atoms. The van der Waals surface area contributed by atoms with Crippen LogP contribution in [-0.4, -0.2) is 69.3 Å². The standard InChI is InChI=1S/C15H15N5OS.C14H14N6OS.C10H10N4OS.CH4/c1-8-9(2)19-20-15-11(8)12(16)13(22-15)14(21)18-7-10-5-3-4-6-17-10;1-7-8(2)19-20-14-10(7)11(15)12(22-14)13(21)17-5-9-3-4-16-6-18-9;11-7-6-3-4-12-14-10(6)16-8(7)9(15)13-5-1-2-5;/h3-6H,7,16H2,1-2H3,(H,18,21);3-4,6H,5,15H2,1-2H3,(H,17,21);3-5H,1-2,11H2,(H,13,15);1H4. The van der Waals surface area contributed by atoms with E-state index >= 15 is 0 Å². The van der Waals surface area contributed by atoms with Crippen molar-refractivity contribution in [3.8, 4) is 0 Å². The van der Waals surface area contributed by atoms with Crippen LogP contribution in [0.1, 0.15) is 83.2 Å². The van der Waals surface area contributed by atoms with Crippen molar-refractivity contribution < 1.29 is 14.4 Å². The first kappa shape index (κ1) is 43.7. The molecule has 3 amide bonds. The van der Waals surface area contributed by atoms with Gasteiger partial charge in [-0.25, -0.2) is 9.97 Å². The van der Waals surface area contributed by atoms with Crippen molar-refractivity contribution in [1.29, 1.82) is 0 Å². The van der Waals surface area contributed by atoms with E-state index in [4.69, 9.17) is 17.2 Å². The molecule has 0 radical (unpaired) electrons. The number of aryl methyl sites for hydroxylation is 4. The molecule has 21 heteroatoms. The highest BCUT2D eigenvalue weighted by Gasteiger charge is 2.26. The second-order valence-electron chi connectivity index (χ2n) is 13.6. The molecule has 1 fully saturated rings. The summed E-state index contributed by atoms with van der Waals surface area (Å²) in [6.45, 7) is 8.28. The number of nitrogens with one attached hydrogen (secondary N) is 3. The van der Waals surface area contributed by atoms with E-state index in [1.54, 1.807) is 30.7 Å². The third-order valence-electron chi connectivity index (χ3n) is 9.45. The summed E-state index contributed by atoms with van der Waals surface area (Å²) in [7, 11) is 0. The molecule has 61 heavy (non-hydrogen) atoms. The first-order valence-electron chi connectivity index (χ1n) is 18.5. The molecule has 0 unspecified atom stereocenters. The molecule has 0 aromatic carbocycles. The van der Waals surface area contributed by atoms with Gasteiger partial charge in [-0.1, -0.05) is 13.5 Å². The lowest BCUT2D eigenvalue weighted by Gasteiger charge is -2.04. The third-order valence-corrected chi connectivity index (χ3v) is 12.7. The van der Waals surface area contributed by atoms with E-state index < -0.39 is 0 Å². The Balaban J connectivity index is 0.000000154. The van der Waals surface area contributed by atoms with Gasteiger partial charge in [0.05, 0.1) is 59.1 Å². The smallest absolute Gasteiger partial charge is 0.263 e. The van der Waals surface area contributed by atoms with Crippen LogP contribution in [0, 0.1) is 27.7 Å². The van der Waals surface area contributed by atoms with Crippen molar-refractivity contribution in [3.05, 3.63) is 104 Å². The lowest BCUT2D eigenvalue weighted by atomic mass is 10.1. The average molecular weight is 878 g/mol. The Bertz CT molecular complexity index is 2720. The van der Waals surface area contributed by atoms with Crippen molar-refractivity contribution >= 4 is 99.4 Å². The highest BCUT2D eigenvalue weighted by molar-refractivity contribution is 7.22. The molecule has 8 aromatic rings. The maximum atomic E-state index is 12.3. The van der Waals surface area contributed by atoms with E-state index in [2.05, 4.69) is 61.5 Å². The second kappa shape index (κ2) is 19.0. The molecule has 9 rings (SSSR count). The summed E-state index contributed by atoms with van der Waals surface area (Å²) < 4.78 is 0. The van der Waals surface area contributed by atoms with Gasteiger partial charge in [-0.15, -0.1) is 49.3 Å². The second-order valence-corrected chi connectivity index (χ2v) is 16.6. The number of carbonyl (C=O) groups excluding carboxylic acids is 3. The van der Waals surface area contributed by atoms with Gasteiger partial charge in [-0.2, -0.15) is 15.3 Å². The molecule has 0 bridgehead atoms. The van der Waals surface area contributed by atoms with Gasteiger partial charge in [0, 0.05) is 34.6 Å². The summed E-state index contributed by atoms with van der Waals surface area (Å²) in [4.78, 5) is 52.1. The SMILES string of the molecule is C.Cc1nnc2sc(C(=O)NCc3ccccn3)c(N)c2c1C.Cc1nnc2sc(C(=O)NCc3ccncn3)c(N)c2c1C.Nc1c(C(=O)NC2CC2)sc2nnccc12. The highest BCUT2D eigenvalue weighted by atomic mass is 32.1. The summed E-state index contributed by atoms with van der Waals surface area (Å²) in [6, 6.07) is 9.43. The Hall–Kier alpha value is -6.84.